The van der Waals surface area contributed by atoms with E-state index in [9.17, 15) is 0 Å². The second kappa shape index (κ2) is 4.72. The Balaban J connectivity index is 2.49. The van der Waals surface area contributed by atoms with Crippen LogP contribution in [-0.4, -0.2) is 17.1 Å². The average molecular weight is 215 g/mol. The number of ether oxygens (including phenoxy) is 1. The lowest BCUT2D eigenvalue weighted by atomic mass is 10.1. The molecule has 0 radical (unpaired) electrons. The first-order valence-electron chi connectivity index (χ1n) is 4.99. The average Bonchev–Trinajstić information content (AvgIpc) is 2.38. The maximum atomic E-state index is 5.53. The third-order valence-corrected chi connectivity index (χ3v) is 2.28. The van der Waals surface area contributed by atoms with Gasteiger partial charge in [0.25, 0.3) is 0 Å². The van der Waals surface area contributed by atoms with Gasteiger partial charge in [0.2, 0.25) is 0 Å². The van der Waals surface area contributed by atoms with E-state index >= 15 is 0 Å². The molecule has 1 heterocycles. The zero-order valence-electron chi connectivity index (χ0n) is 9.05. The highest BCUT2D eigenvalue weighted by Gasteiger charge is 2.06. The number of benzene rings is 1. The van der Waals surface area contributed by atoms with E-state index in [0.717, 1.165) is 22.7 Å². The van der Waals surface area contributed by atoms with Crippen LogP contribution in [0.5, 0.6) is 5.75 Å². The molecular formula is C12H13N3O. The van der Waals surface area contributed by atoms with Gasteiger partial charge in [-0.15, -0.1) is 0 Å². The Morgan fingerprint density at radius 3 is 2.81 bits per heavy atom. The molecule has 4 heteroatoms. The van der Waals surface area contributed by atoms with Crippen molar-refractivity contribution in [3.8, 4) is 17.0 Å². The molecule has 82 valence electrons. The van der Waals surface area contributed by atoms with Gasteiger partial charge >= 0.3 is 0 Å². The zero-order valence-corrected chi connectivity index (χ0v) is 9.05. The van der Waals surface area contributed by atoms with Gasteiger partial charge in [0.1, 0.15) is 5.75 Å². The second-order valence-corrected chi connectivity index (χ2v) is 3.30. The predicted octanol–water partition coefficient (Wildman–Crippen LogP) is 1.61. The van der Waals surface area contributed by atoms with Gasteiger partial charge in [-0.3, -0.25) is 4.98 Å². The molecule has 4 nitrogen and oxygen atoms in total. The minimum atomic E-state index is 0.385. The molecule has 0 aliphatic rings. The normalized spacial score (nSPS) is 10.1. The molecule has 0 aliphatic heterocycles. The van der Waals surface area contributed by atoms with Crippen molar-refractivity contribution < 1.29 is 4.74 Å². The largest absolute Gasteiger partial charge is 0.496 e. The van der Waals surface area contributed by atoms with Crippen LogP contribution in [0.1, 0.15) is 5.69 Å². The highest BCUT2D eigenvalue weighted by atomic mass is 16.5. The first-order valence-corrected chi connectivity index (χ1v) is 4.99. The summed E-state index contributed by atoms with van der Waals surface area (Å²) in [6.45, 7) is 0.385. The first kappa shape index (κ1) is 10.6. The highest BCUT2D eigenvalue weighted by molar-refractivity contribution is 5.66. The number of para-hydroxylation sites is 1. The number of aromatic nitrogens is 2. The van der Waals surface area contributed by atoms with Crippen molar-refractivity contribution in [2.24, 2.45) is 5.73 Å². The number of methoxy groups -OCH3 is 1. The summed E-state index contributed by atoms with van der Waals surface area (Å²) in [5, 5.41) is 0. The monoisotopic (exact) mass is 215 g/mol. The molecule has 0 unspecified atom stereocenters. The molecule has 2 N–H and O–H groups in total. The van der Waals surface area contributed by atoms with Gasteiger partial charge in [0.15, 0.2) is 0 Å². The number of nitrogens with zero attached hydrogens (tertiary/aromatic N) is 2. The van der Waals surface area contributed by atoms with Crippen molar-refractivity contribution in [1.29, 1.82) is 0 Å². The summed E-state index contributed by atoms with van der Waals surface area (Å²) in [5.74, 6) is 0.783. The summed E-state index contributed by atoms with van der Waals surface area (Å²) >= 11 is 0. The molecule has 0 saturated carbocycles. The lowest BCUT2D eigenvalue weighted by Gasteiger charge is -2.07. The number of hydrogen-bond donors (Lipinski definition) is 1. The topological polar surface area (TPSA) is 61.0 Å². The minimum absolute atomic E-state index is 0.385. The molecule has 2 aromatic rings. The number of rotatable bonds is 3. The molecule has 16 heavy (non-hydrogen) atoms. The Bertz CT molecular complexity index is 485. The van der Waals surface area contributed by atoms with Crippen LogP contribution in [0.4, 0.5) is 0 Å². The van der Waals surface area contributed by atoms with Crippen LogP contribution < -0.4 is 10.5 Å². The first-order chi connectivity index (χ1) is 7.85. The fraction of sp³-hybridized carbons (Fsp3) is 0.167. The molecular weight excluding hydrogens is 202 g/mol. The van der Waals surface area contributed by atoms with E-state index < -0.39 is 0 Å². The summed E-state index contributed by atoms with van der Waals surface area (Å²) in [6.07, 6.45) is 3.37. The maximum Gasteiger partial charge on any atom is 0.128 e. The molecule has 0 atom stereocenters. The Morgan fingerprint density at radius 2 is 2.06 bits per heavy atom. The molecule has 0 bridgehead atoms. The van der Waals surface area contributed by atoms with E-state index in [-0.39, 0.29) is 0 Å². The quantitative estimate of drug-likeness (QED) is 0.845. The predicted molar refractivity (Wildman–Crippen MR) is 61.9 cm³/mol. The van der Waals surface area contributed by atoms with Crippen LogP contribution >= 0.6 is 0 Å². The molecule has 1 aromatic carbocycles. The number of nitrogens with two attached hydrogens (primary N) is 1. The lowest BCUT2D eigenvalue weighted by Crippen LogP contribution is -2.01. The van der Waals surface area contributed by atoms with Crippen molar-refractivity contribution >= 4 is 0 Å². The molecule has 0 aliphatic carbocycles. The van der Waals surface area contributed by atoms with Crippen LogP contribution in [-0.2, 0) is 6.54 Å². The van der Waals surface area contributed by atoms with E-state index in [1.54, 1.807) is 19.5 Å². The van der Waals surface area contributed by atoms with Gasteiger partial charge in [-0.1, -0.05) is 12.1 Å². The third-order valence-electron chi connectivity index (χ3n) is 2.28. The van der Waals surface area contributed by atoms with Crippen LogP contribution in [0.2, 0.25) is 0 Å². The Labute approximate surface area is 94.1 Å². The Hall–Kier alpha value is -1.94. The van der Waals surface area contributed by atoms with Gasteiger partial charge < -0.3 is 10.5 Å². The third kappa shape index (κ3) is 2.01. The summed E-state index contributed by atoms with van der Waals surface area (Å²) in [6, 6.07) is 7.70. The molecule has 0 amide bonds. The summed E-state index contributed by atoms with van der Waals surface area (Å²) in [5.41, 5.74) is 8.00. The van der Waals surface area contributed by atoms with E-state index in [1.807, 2.05) is 24.3 Å². The second-order valence-electron chi connectivity index (χ2n) is 3.30. The van der Waals surface area contributed by atoms with Gasteiger partial charge in [0, 0.05) is 18.3 Å². The molecule has 1 aromatic heterocycles. The number of hydrogen-bond acceptors (Lipinski definition) is 4. The highest BCUT2D eigenvalue weighted by Crippen LogP contribution is 2.27. The Morgan fingerprint density at radius 1 is 1.25 bits per heavy atom. The van der Waals surface area contributed by atoms with Gasteiger partial charge in [-0.2, -0.15) is 0 Å². The van der Waals surface area contributed by atoms with E-state index in [1.165, 1.54) is 0 Å². The fourth-order valence-corrected chi connectivity index (χ4v) is 1.49. The fourth-order valence-electron chi connectivity index (χ4n) is 1.49. The molecule has 2 rings (SSSR count). The smallest absolute Gasteiger partial charge is 0.128 e. The molecule has 0 saturated heterocycles. The van der Waals surface area contributed by atoms with E-state index in [2.05, 4.69) is 9.97 Å². The SMILES string of the molecule is COc1ccccc1-c1cncc(CN)n1. The van der Waals surface area contributed by atoms with Gasteiger partial charge in [-0.25, -0.2) is 4.98 Å². The summed E-state index contributed by atoms with van der Waals surface area (Å²) in [4.78, 5) is 8.51. The van der Waals surface area contributed by atoms with Crippen LogP contribution in [0.3, 0.4) is 0 Å². The Kier molecular flexibility index (Phi) is 3.12. The van der Waals surface area contributed by atoms with E-state index in [4.69, 9.17) is 10.5 Å². The molecule has 0 fully saturated rings. The zero-order chi connectivity index (χ0) is 11.4. The standard InChI is InChI=1S/C12H13N3O/c1-16-12-5-3-2-4-10(12)11-8-14-7-9(6-13)15-11/h2-5,7-8H,6,13H2,1H3. The van der Waals surface area contributed by atoms with Crippen molar-refractivity contribution in [2.75, 3.05) is 7.11 Å². The van der Waals surface area contributed by atoms with Crippen LogP contribution in [0, 0.1) is 0 Å². The lowest BCUT2D eigenvalue weighted by molar-refractivity contribution is 0.416. The summed E-state index contributed by atoms with van der Waals surface area (Å²) < 4.78 is 5.27. The minimum Gasteiger partial charge on any atom is -0.496 e. The van der Waals surface area contributed by atoms with E-state index in [0.29, 0.717) is 6.54 Å². The van der Waals surface area contributed by atoms with Gasteiger partial charge in [0.05, 0.1) is 24.7 Å². The van der Waals surface area contributed by atoms with Crippen LogP contribution in [0.15, 0.2) is 36.7 Å². The van der Waals surface area contributed by atoms with Crippen LogP contribution in [0.25, 0.3) is 11.3 Å². The van der Waals surface area contributed by atoms with Crippen molar-refractivity contribution in [2.45, 2.75) is 6.54 Å². The summed E-state index contributed by atoms with van der Waals surface area (Å²) in [7, 11) is 1.64. The van der Waals surface area contributed by atoms with Crippen molar-refractivity contribution in [3.05, 3.63) is 42.4 Å². The van der Waals surface area contributed by atoms with Gasteiger partial charge in [-0.05, 0) is 12.1 Å². The van der Waals surface area contributed by atoms with Crippen molar-refractivity contribution in [1.82, 2.24) is 9.97 Å². The molecule has 0 spiro atoms. The van der Waals surface area contributed by atoms with Crippen molar-refractivity contribution in [3.63, 3.8) is 0 Å². The maximum absolute atomic E-state index is 5.53.